The number of amides is 1. The van der Waals surface area contributed by atoms with Crippen LogP contribution in [0, 0.1) is 0 Å². The van der Waals surface area contributed by atoms with E-state index < -0.39 is 0 Å². The van der Waals surface area contributed by atoms with Crippen LogP contribution in [0.15, 0.2) is 18.2 Å². The van der Waals surface area contributed by atoms with E-state index in [4.69, 9.17) is 5.73 Å². The molecule has 1 saturated heterocycles. The lowest BCUT2D eigenvalue weighted by Crippen LogP contribution is -2.35. The summed E-state index contributed by atoms with van der Waals surface area (Å²) in [5, 5.41) is 4.76. The van der Waals surface area contributed by atoms with Gasteiger partial charge < -0.3 is 16.5 Å². The molecule has 1 aromatic carbocycles. The monoisotopic (exact) mass is 248 g/mol. The Morgan fingerprint density at radius 3 is 2.61 bits per heavy atom. The summed E-state index contributed by atoms with van der Waals surface area (Å²) in [6.45, 7) is 2.08. The molecule has 5 nitrogen and oxygen atoms in total. The van der Waals surface area contributed by atoms with E-state index in [2.05, 4.69) is 15.8 Å². The third kappa shape index (κ3) is 2.92. The van der Waals surface area contributed by atoms with Crippen LogP contribution in [0.25, 0.3) is 0 Å². The summed E-state index contributed by atoms with van der Waals surface area (Å²) in [6.07, 6.45) is 3.72. The Bertz CT molecular complexity index is 427. The number of hydrogen-bond donors (Lipinski definition) is 3. The molecule has 0 radical (unpaired) electrons. The predicted molar refractivity (Wildman–Crippen MR) is 73.3 cm³/mol. The number of carbonyl (C=O) groups excluding carboxylic acids is 1. The number of anilines is 2. The molecule has 5 heteroatoms. The maximum Gasteiger partial charge on any atom is 0.251 e. The van der Waals surface area contributed by atoms with Crippen molar-refractivity contribution in [3.63, 3.8) is 0 Å². The van der Waals surface area contributed by atoms with Gasteiger partial charge in [0, 0.05) is 25.7 Å². The van der Waals surface area contributed by atoms with E-state index in [1.807, 2.05) is 6.07 Å². The second kappa shape index (κ2) is 5.73. The molecule has 4 N–H and O–H groups in total. The number of nitrogens with two attached hydrogens (primary N) is 1. The van der Waals surface area contributed by atoms with Crippen LogP contribution < -0.4 is 16.5 Å². The summed E-state index contributed by atoms with van der Waals surface area (Å²) in [4.78, 5) is 11.5. The molecule has 0 saturated carbocycles. The average molecular weight is 248 g/mol. The molecular weight excluding hydrogens is 228 g/mol. The SMILES string of the molecule is CNC(=O)c1ccc(NN2CCCCC2)c(N)c1. The van der Waals surface area contributed by atoms with Gasteiger partial charge in [-0.25, -0.2) is 5.01 Å². The average Bonchev–Trinajstić information content (AvgIpc) is 2.41. The Morgan fingerprint density at radius 1 is 1.28 bits per heavy atom. The quantitative estimate of drug-likeness (QED) is 0.708. The Hall–Kier alpha value is -1.75. The van der Waals surface area contributed by atoms with Crippen LogP contribution in [0.5, 0.6) is 0 Å². The van der Waals surface area contributed by atoms with Gasteiger partial charge in [0.15, 0.2) is 0 Å². The predicted octanol–water partition coefficient (Wildman–Crippen LogP) is 1.44. The number of benzene rings is 1. The second-order valence-corrected chi connectivity index (χ2v) is 4.54. The first-order chi connectivity index (χ1) is 8.70. The van der Waals surface area contributed by atoms with Crippen molar-refractivity contribution in [2.24, 2.45) is 0 Å². The van der Waals surface area contributed by atoms with E-state index in [-0.39, 0.29) is 5.91 Å². The number of piperidine rings is 1. The zero-order valence-corrected chi connectivity index (χ0v) is 10.7. The Labute approximate surface area is 107 Å². The highest BCUT2D eigenvalue weighted by atomic mass is 16.1. The van der Waals surface area contributed by atoms with Crippen LogP contribution in [-0.4, -0.2) is 31.1 Å². The van der Waals surface area contributed by atoms with Crippen LogP contribution in [-0.2, 0) is 0 Å². The van der Waals surface area contributed by atoms with Crippen LogP contribution >= 0.6 is 0 Å². The Morgan fingerprint density at radius 2 is 2.00 bits per heavy atom. The summed E-state index contributed by atoms with van der Waals surface area (Å²) in [5.41, 5.74) is 11.3. The zero-order valence-electron chi connectivity index (χ0n) is 10.7. The number of hydrogen-bond acceptors (Lipinski definition) is 4. The molecular formula is C13H20N4O. The molecule has 1 heterocycles. The molecule has 0 spiro atoms. The Balaban J connectivity index is 2.07. The van der Waals surface area contributed by atoms with Gasteiger partial charge in [-0.2, -0.15) is 0 Å². The fraction of sp³-hybridized carbons (Fsp3) is 0.462. The van der Waals surface area contributed by atoms with Crippen LogP contribution in [0.4, 0.5) is 11.4 Å². The molecule has 2 rings (SSSR count). The molecule has 1 amide bonds. The van der Waals surface area contributed by atoms with E-state index in [0.29, 0.717) is 11.3 Å². The first-order valence-corrected chi connectivity index (χ1v) is 6.34. The van der Waals surface area contributed by atoms with Gasteiger partial charge in [0.05, 0.1) is 11.4 Å². The van der Waals surface area contributed by atoms with Gasteiger partial charge in [0.1, 0.15) is 0 Å². The van der Waals surface area contributed by atoms with E-state index in [1.54, 1.807) is 19.2 Å². The van der Waals surface area contributed by atoms with Gasteiger partial charge in [0.2, 0.25) is 0 Å². The number of nitrogen functional groups attached to an aromatic ring is 1. The summed E-state index contributed by atoms with van der Waals surface area (Å²) in [6, 6.07) is 5.33. The molecule has 18 heavy (non-hydrogen) atoms. The van der Waals surface area contributed by atoms with Crippen molar-refractivity contribution >= 4 is 17.3 Å². The normalized spacial score (nSPS) is 16.3. The van der Waals surface area contributed by atoms with Crippen LogP contribution in [0.3, 0.4) is 0 Å². The van der Waals surface area contributed by atoms with Crippen LogP contribution in [0.2, 0.25) is 0 Å². The van der Waals surface area contributed by atoms with Gasteiger partial charge in [-0.15, -0.1) is 0 Å². The number of rotatable bonds is 3. The Kier molecular flexibility index (Phi) is 4.04. The van der Waals surface area contributed by atoms with E-state index in [0.717, 1.165) is 18.8 Å². The lowest BCUT2D eigenvalue weighted by molar-refractivity contribution is 0.0963. The van der Waals surface area contributed by atoms with Crippen molar-refractivity contribution in [3.05, 3.63) is 23.8 Å². The van der Waals surface area contributed by atoms with E-state index in [1.165, 1.54) is 19.3 Å². The molecule has 0 aromatic heterocycles. The molecule has 0 aliphatic carbocycles. The number of carbonyl (C=O) groups is 1. The van der Waals surface area contributed by atoms with Gasteiger partial charge in [-0.3, -0.25) is 4.79 Å². The number of nitrogens with one attached hydrogen (secondary N) is 2. The van der Waals surface area contributed by atoms with Crippen molar-refractivity contribution in [1.29, 1.82) is 0 Å². The first-order valence-electron chi connectivity index (χ1n) is 6.34. The number of hydrazine groups is 1. The molecule has 0 bridgehead atoms. The topological polar surface area (TPSA) is 70.4 Å². The van der Waals surface area contributed by atoms with E-state index in [9.17, 15) is 4.79 Å². The lowest BCUT2D eigenvalue weighted by Gasteiger charge is -2.28. The molecule has 0 atom stereocenters. The highest BCUT2D eigenvalue weighted by molar-refractivity contribution is 5.95. The van der Waals surface area contributed by atoms with Gasteiger partial charge in [-0.1, -0.05) is 6.42 Å². The highest BCUT2D eigenvalue weighted by Gasteiger charge is 2.12. The minimum Gasteiger partial charge on any atom is -0.397 e. The summed E-state index contributed by atoms with van der Waals surface area (Å²) >= 11 is 0. The standard InChI is InChI=1S/C13H20N4O/c1-15-13(18)10-5-6-12(11(14)9-10)16-17-7-3-2-4-8-17/h5-6,9,16H,2-4,7-8,14H2,1H3,(H,15,18). The van der Waals surface area contributed by atoms with Crippen molar-refractivity contribution in [2.45, 2.75) is 19.3 Å². The number of nitrogens with zero attached hydrogens (tertiary/aromatic N) is 1. The third-order valence-electron chi connectivity index (χ3n) is 3.18. The molecule has 0 unspecified atom stereocenters. The van der Waals surface area contributed by atoms with Gasteiger partial charge >= 0.3 is 0 Å². The summed E-state index contributed by atoms with van der Waals surface area (Å²) < 4.78 is 0. The minimum atomic E-state index is -0.119. The fourth-order valence-electron chi connectivity index (χ4n) is 2.13. The molecule has 98 valence electrons. The zero-order chi connectivity index (χ0) is 13.0. The van der Waals surface area contributed by atoms with Gasteiger partial charge in [0.25, 0.3) is 5.91 Å². The van der Waals surface area contributed by atoms with Crippen molar-refractivity contribution in [3.8, 4) is 0 Å². The largest absolute Gasteiger partial charge is 0.397 e. The molecule has 1 fully saturated rings. The minimum absolute atomic E-state index is 0.119. The second-order valence-electron chi connectivity index (χ2n) is 4.54. The maximum absolute atomic E-state index is 11.5. The highest BCUT2D eigenvalue weighted by Crippen LogP contribution is 2.21. The van der Waals surface area contributed by atoms with Crippen molar-refractivity contribution in [1.82, 2.24) is 10.3 Å². The lowest BCUT2D eigenvalue weighted by atomic mass is 10.1. The maximum atomic E-state index is 11.5. The third-order valence-corrected chi connectivity index (χ3v) is 3.18. The van der Waals surface area contributed by atoms with Crippen molar-refractivity contribution in [2.75, 3.05) is 31.3 Å². The van der Waals surface area contributed by atoms with Crippen LogP contribution in [0.1, 0.15) is 29.6 Å². The van der Waals surface area contributed by atoms with Gasteiger partial charge in [-0.05, 0) is 31.0 Å². The summed E-state index contributed by atoms with van der Waals surface area (Å²) in [5.74, 6) is -0.119. The summed E-state index contributed by atoms with van der Waals surface area (Å²) in [7, 11) is 1.61. The fourth-order valence-corrected chi connectivity index (χ4v) is 2.13. The van der Waals surface area contributed by atoms with Crippen molar-refractivity contribution < 1.29 is 4.79 Å². The first kappa shape index (κ1) is 12.7. The molecule has 1 aromatic rings. The van der Waals surface area contributed by atoms with E-state index >= 15 is 0 Å². The molecule has 1 aliphatic heterocycles. The molecule has 1 aliphatic rings. The smallest absolute Gasteiger partial charge is 0.251 e.